The predicted octanol–water partition coefficient (Wildman–Crippen LogP) is 2.05. The van der Waals surface area contributed by atoms with Gasteiger partial charge in [-0.15, -0.1) is 0 Å². The molecule has 0 aliphatic carbocycles. The molecule has 0 bridgehead atoms. The molecular formula is C13H12N2O3. The van der Waals surface area contributed by atoms with E-state index < -0.39 is 5.91 Å². The van der Waals surface area contributed by atoms with E-state index in [1.54, 1.807) is 25.3 Å². The molecule has 2 aromatic rings. The molecule has 3 N–H and O–H groups in total. The van der Waals surface area contributed by atoms with Gasteiger partial charge in [-0.25, -0.2) is 0 Å². The lowest BCUT2D eigenvalue weighted by atomic mass is 10.1. The Hall–Kier alpha value is -2.56. The third kappa shape index (κ3) is 2.40. The quantitative estimate of drug-likeness (QED) is 0.755. The summed E-state index contributed by atoms with van der Waals surface area (Å²) in [6.07, 6.45) is 1.63. The summed E-state index contributed by atoms with van der Waals surface area (Å²) in [7, 11) is 0. The fraction of sp³-hybridized carbons (Fsp3) is 0.0769. The lowest BCUT2D eigenvalue weighted by Gasteiger charge is -2.08. The van der Waals surface area contributed by atoms with Gasteiger partial charge in [-0.3, -0.25) is 9.78 Å². The molecule has 0 atom stereocenters. The van der Waals surface area contributed by atoms with Gasteiger partial charge in [0.2, 0.25) is 0 Å². The second kappa shape index (κ2) is 4.75. The maximum atomic E-state index is 11.9. The largest absolute Gasteiger partial charge is 0.508 e. The maximum Gasteiger partial charge on any atom is 0.259 e. The van der Waals surface area contributed by atoms with E-state index in [0.717, 1.165) is 6.07 Å². The molecule has 92 valence electrons. The zero-order chi connectivity index (χ0) is 13.1. The Morgan fingerprint density at radius 1 is 1.28 bits per heavy atom. The van der Waals surface area contributed by atoms with Crippen LogP contribution in [-0.2, 0) is 0 Å². The highest BCUT2D eigenvalue weighted by atomic mass is 16.3. The van der Waals surface area contributed by atoms with E-state index in [0.29, 0.717) is 11.4 Å². The van der Waals surface area contributed by atoms with Crippen LogP contribution in [0.4, 0.5) is 5.69 Å². The molecule has 0 spiro atoms. The van der Waals surface area contributed by atoms with Crippen LogP contribution in [0.1, 0.15) is 16.1 Å². The molecule has 0 saturated heterocycles. The Morgan fingerprint density at radius 2 is 2.06 bits per heavy atom. The highest BCUT2D eigenvalue weighted by Gasteiger charge is 2.12. The third-order valence-electron chi connectivity index (χ3n) is 2.48. The summed E-state index contributed by atoms with van der Waals surface area (Å²) in [5, 5.41) is 21.4. The Bertz CT molecular complexity index is 597. The van der Waals surface area contributed by atoms with E-state index in [1.165, 1.54) is 12.1 Å². The Morgan fingerprint density at radius 3 is 2.72 bits per heavy atom. The summed E-state index contributed by atoms with van der Waals surface area (Å²) >= 11 is 0. The van der Waals surface area contributed by atoms with Crippen LogP contribution in [0.15, 0.2) is 36.5 Å². The minimum atomic E-state index is -0.455. The second-order valence-electron chi connectivity index (χ2n) is 3.79. The maximum absolute atomic E-state index is 11.9. The van der Waals surface area contributed by atoms with Gasteiger partial charge >= 0.3 is 0 Å². The SMILES string of the molecule is Cc1ncccc1NC(=O)c1ccc(O)cc1O. The number of benzene rings is 1. The van der Waals surface area contributed by atoms with Crippen molar-refractivity contribution in [3.8, 4) is 11.5 Å². The van der Waals surface area contributed by atoms with Crippen LogP contribution < -0.4 is 5.32 Å². The molecule has 1 aromatic heterocycles. The summed E-state index contributed by atoms with van der Waals surface area (Å²) in [6, 6.07) is 7.23. The molecule has 5 heteroatoms. The number of rotatable bonds is 2. The number of carbonyl (C=O) groups excluding carboxylic acids is 1. The van der Waals surface area contributed by atoms with E-state index >= 15 is 0 Å². The van der Waals surface area contributed by atoms with Crippen molar-refractivity contribution in [2.45, 2.75) is 6.92 Å². The van der Waals surface area contributed by atoms with Gasteiger partial charge in [0, 0.05) is 12.3 Å². The van der Waals surface area contributed by atoms with Crippen molar-refractivity contribution in [1.82, 2.24) is 4.98 Å². The first-order chi connectivity index (χ1) is 8.58. The van der Waals surface area contributed by atoms with Gasteiger partial charge in [-0.2, -0.15) is 0 Å². The Labute approximate surface area is 104 Å². The minimum Gasteiger partial charge on any atom is -0.508 e. The van der Waals surface area contributed by atoms with Crippen LogP contribution in [0.2, 0.25) is 0 Å². The van der Waals surface area contributed by atoms with Crippen molar-refractivity contribution >= 4 is 11.6 Å². The number of phenols is 2. The summed E-state index contributed by atoms with van der Waals surface area (Å²) < 4.78 is 0. The first-order valence-electron chi connectivity index (χ1n) is 5.33. The molecule has 1 heterocycles. The molecular weight excluding hydrogens is 232 g/mol. The lowest BCUT2D eigenvalue weighted by molar-refractivity contribution is 0.102. The zero-order valence-corrected chi connectivity index (χ0v) is 9.71. The average molecular weight is 244 g/mol. The monoisotopic (exact) mass is 244 g/mol. The van der Waals surface area contributed by atoms with Crippen LogP contribution in [0.5, 0.6) is 11.5 Å². The van der Waals surface area contributed by atoms with Crippen LogP contribution in [0, 0.1) is 6.92 Å². The van der Waals surface area contributed by atoms with Crippen molar-refractivity contribution in [3.63, 3.8) is 0 Å². The fourth-order valence-corrected chi connectivity index (χ4v) is 1.52. The van der Waals surface area contributed by atoms with Crippen molar-refractivity contribution in [1.29, 1.82) is 0 Å². The van der Waals surface area contributed by atoms with Gasteiger partial charge in [-0.05, 0) is 31.2 Å². The van der Waals surface area contributed by atoms with Crippen LogP contribution in [0.3, 0.4) is 0 Å². The number of aryl methyl sites for hydroxylation is 1. The number of pyridine rings is 1. The molecule has 5 nitrogen and oxygen atoms in total. The highest BCUT2D eigenvalue weighted by Crippen LogP contribution is 2.23. The van der Waals surface area contributed by atoms with Crippen LogP contribution >= 0.6 is 0 Å². The lowest BCUT2D eigenvalue weighted by Crippen LogP contribution is -2.13. The van der Waals surface area contributed by atoms with Gasteiger partial charge in [0.1, 0.15) is 11.5 Å². The molecule has 2 rings (SSSR count). The summed E-state index contributed by atoms with van der Waals surface area (Å²) in [4.78, 5) is 16.0. The first-order valence-corrected chi connectivity index (χ1v) is 5.33. The van der Waals surface area contributed by atoms with E-state index in [2.05, 4.69) is 10.3 Å². The third-order valence-corrected chi connectivity index (χ3v) is 2.48. The molecule has 1 amide bonds. The minimum absolute atomic E-state index is 0.0936. The summed E-state index contributed by atoms with van der Waals surface area (Å²) in [5.41, 5.74) is 1.36. The van der Waals surface area contributed by atoms with E-state index in [-0.39, 0.29) is 17.1 Å². The average Bonchev–Trinajstić information content (AvgIpc) is 2.32. The molecule has 1 aromatic carbocycles. The smallest absolute Gasteiger partial charge is 0.259 e. The van der Waals surface area contributed by atoms with Crippen molar-refractivity contribution in [2.24, 2.45) is 0 Å². The van der Waals surface area contributed by atoms with E-state index in [9.17, 15) is 9.90 Å². The topological polar surface area (TPSA) is 82.5 Å². The Balaban J connectivity index is 2.25. The summed E-state index contributed by atoms with van der Waals surface area (Å²) in [5.74, 6) is -0.820. The van der Waals surface area contributed by atoms with E-state index in [1.807, 2.05) is 0 Å². The molecule has 18 heavy (non-hydrogen) atoms. The number of anilines is 1. The number of hydrogen-bond acceptors (Lipinski definition) is 4. The van der Waals surface area contributed by atoms with Crippen molar-refractivity contribution < 1.29 is 15.0 Å². The molecule has 0 unspecified atom stereocenters. The van der Waals surface area contributed by atoms with Crippen LogP contribution in [-0.4, -0.2) is 21.1 Å². The van der Waals surface area contributed by atoms with Gasteiger partial charge < -0.3 is 15.5 Å². The van der Waals surface area contributed by atoms with Gasteiger partial charge in [0.05, 0.1) is 16.9 Å². The predicted molar refractivity (Wildman–Crippen MR) is 66.7 cm³/mol. The standard InChI is InChI=1S/C13H12N2O3/c1-8-11(3-2-6-14-8)15-13(18)10-5-4-9(16)7-12(10)17/h2-7,16-17H,1H3,(H,15,18). The van der Waals surface area contributed by atoms with E-state index in [4.69, 9.17) is 5.11 Å². The van der Waals surface area contributed by atoms with Crippen molar-refractivity contribution in [2.75, 3.05) is 5.32 Å². The fourth-order valence-electron chi connectivity index (χ4n) is 1.52. The van der Waals surface area contributed by atoms with Gasteiger partial charge in [0.25, 0.3) is 5.91 Å². The molecule has 0 aliphatic heterocycles. The normalized spacial score (nSPS) is 10.1. The Kier molecular flexibility index (Phi) is 3.14. The molecule has 0 radical (unpaired) electrons. The highest BCUT2D eigenvalue weighted by molar-refractivity contribution is 6.06. The number of amides is 1. The number of phenolic OH excluding ortho intramolecular Hbond substituents is 2. The zero-order valence-electron chi connectivity index (χ0n) is 9.71. The summed E-state index contributed by atoms with van der Waals surface area (Å²) in [6.45, 7) is 1.77. The van der Waals surface area contributed by atoms with Crippen LogP contribution in [0.25, 0.3) is 0 Å². The number of carbonyl (C=O) groups is 1. The number of nitrogens with zero attached hydrogens (tertiary/aromatic N) is 1. The van der Waals surface area contributed by atoms with Gasteiger partial charge in [0.15, 0.2) is 0 Å². The van der Waals surface area contributed by atoms with Gasteiger partial charge in [-0.1, -0.05) is 0 Å². The van der Waals surface area contributed by atoms with Crippen molar-refractivity contribution in [3.05, 3.63) is 47.8 Å². The molecule has 0 fully saturated rings. The molecule has 0 saturated carbocycles. The number of hydrogen-bond donors (Lipinski definition) is 3. The number of aromatic hydroxyl groups is 2. The first kappa shape index (κ1) is 11.9. The second-order valence-corrected chi connectivity index (χ2v) is 3.79. The molecule has 0 aliphatic rings. The number of nitrogens with one attached hydrogen (secondary N) is 1. The number of aromatic nitrogens is 1.